The van der Waals surface area contributed by atoms with Crippen molar-refractivity contribution in [3.63, 3.8) is 0 Å². The molecule has 3 heteroatoms. The zero-order valence-corrected chi connectivity index (χ0v) is 12.3. The number of hydrogen-bond donors (Lipinski definition) is 1. The number of carboxylic acid groups (broad SMARTS) is 1. The summed E-state index contributed by atoms with van der Waals surface area (Å²) in [7, 11) is 0. The first-order valence-corrected chi connectivity index (χ1v) is 6.97. The van der Waals surface area contributed by atoms with Crippen molar-refractivity contribution in [3.8, 4) is 11.1 Å². The minimum atomic E-state index is -0.966. The maximum atomic E-state index is 10.9. The Labute approximate surface area is 124 Å². The molecule has 0 aliphatic heterocycles. The molecule has 0 aliphatic rings. The molecule has 0 saturated carbocycles. The molecule has 0 aliphatic carbocycles. The van der Waals surface area contributed by atoms with E-state index in [9.17, 15) is 4.79 Å². The lowest BCUT2D eigenvalue weighted by Gasteiger charge is -2.09. The van der Waals surface area contributed by atoms with Gasteiger partial charge in [-0.1, -0.05) is 55.8 Å². The van der Waals surface area contributed by atoms with Crippen LogP contribution in [0, 0.1) is 5.92 Å². The molecule has 2 nitrogen and oxygen atoms in total. The number of rotatable bonds is 4. The summed E-state index contributed by atoms with van der Waals surface area (Å²) in [4.78, 5) is 10.9. The van der Waals surface area contributed by atoms with Gasteiger partial charge in [0.2, 0.25) is 0 Å². The third kappa shape index (κ3) is 3.40. The van der Waals surface area contributed by atoms with E-state index in [0.717, 1.165) is 17.5 Å². The Hall–Kier alpha value is -1.80. The predicted octanol–water partition coefficient (Wildman–Crippen LogP) is 4.90. The predicted molar refractivity (Wildman–Crippen MR) is 82.4 cm³/mol. The molecule has 104 valence electrons. The lowest BCUT2D eigenvalue weighted by molar-refractivity contribution is 0.0697. The van der Waals surface area contributed by atoms with E-state index in [1.165, 1.54) is 11.6 Å². The molecular formula is C17H17ClO2. The Bertz CT molecular complexity index is 633. The van der Waals surface area contributed by atoms with Gasteiger partial charge in [-0.2, -0.15) is 0 Å². The second-order valence-corrected chi connectivity index (χ2v) is 5.71. The molecule has 0 aromatic heterocycles. The van der Waals surface area contributed by atoms with E-state index < -0.39 is 5.97 Å². The number of aromatic carboxylic acids is 1. The molecule has 0 radical (unpaired) electrons. The molecule has 2 rings (SSSR count). The first-order valence-electron chi connectivity index (χ1n) is 6.59. The highest BCUT2D eigenvalue weighted by Crippen LogP contribution is 2.29. The molecule has 0 spiro atoms. The third-order valence-electron chi connectivity index (χ3n) is 3.10. The molecule has 0 saturated heterocycles. The van der Waals surface area contributed by atoms with Crippen LogP contribution in [0.4, 0.5) is 0 Å². The van der Waals surface area contributed by atoms with Crippen LogP contribution in [0.2, 0.25) is 5.02 Å². The van der Waals surface area contributed by atoms with Crippen LogP contribution >= 0.6 is 11.6 Å². The fraction of sp³-hybridized carbons (Fsp3) is 0.235. The molecule has 2 aromatic rings. The van der Waals surface area contributed by atoms with Crippen molar-refractivity contribution in [1.82, 2.24) is 0 Å². The van der Waals surface area contributed by atoms with Crippen molar-refractivity contribution >= 4 is 17.6 Å². The van der Waals surface area contributed by atoms with E-state index in [2.05, 4.69) is 26.0 Å². The summed E-state index contributed by atoms with van der Waals surface area (Å²) in [5.41, 5.74) is 3.35. The summed E-state index contributed by atoms with van der Waals surface area (Å²) in [5, 5.41) is 9.42. The second kappa shape index (κ2) is 6.10. The highest BCUT2D eigenvalue weighted by molar-refractivity contribution is 6.33. The van der Waals surface area contributed by atoms with Crippen LogP contribution < -0.4 is 0 Å². The lowest BCUT2D eigenvalue weighted by atomic mass is 9.97. The van der Waals surface area contributed by atoms with Crippen molar-refractivity contribution in [3.05, 3.63) is 58.6 Å². The van der Waals surface area contributed by atoms with Gasteiger partial charge >= 0.3 is 5.97 Å². The van der Waals surface area contributed by atoms with Gasteiger partial charge in [0.05, 0.1) is 5.56 Å². The highest BCUT2D eigenvalue weighted by atomic mass is 35.5. The Morgan fingerprint density at radius 2 is 1.95 bits per heavy atom. The van der Waals surface area contributed by atoms with Gasteiger partial charge in [0.1, 0.15) is 0 Å². The number of carbonyl (C=O) groups is 1. The smallest absolute Gasteiger partial charge is 0.335 e. The number of hydrogen-bond acceptors (Lipinski definition) is 1. The van der Waals surface area contributed by atoms with Gasteiger partial charge in [-0.3, -0.25) is 0 Å². The molecule has 0 amide bonds. The van der Waals surface area contributed by atoms with Gasteiger partial charge < -0.3 is 5.11 Å². The third-order valence-corrected chi connectivity index (χ3v) is 3.41. The van der Waals surface area contributed by atoms with E-state index in [0.29, 0.717) is 10.9 Å². The van der Waals surface area contributed by atoms with Gasteiger partial charge in [0.25, 0.3) is 0 Å². The Balaban J connectivity index is 2.38. The molecule has 0 unspecified atom stereocenters. The maximum Gasteiger partial charge on any atom is 0.335 e. The maximum absolute atomic E-state index is 10.9. The zero-order valence-electron chi connectivity index (χ0n) is 11.6. The van der Waals surface area contributed by atoms with E-state index >= 15 is 0 Å². The lowest BCUT2D eigenvalue weighted by Crippen LogP contribution is -1.96. The Kier molecular flexibility index (Phi) is 4.46. The Morgan fingerprint density at radius 3 is 2.55 bits per heavy atom. The Morgan fingerprint density at radius 1 is 1.20 bits per heavy atom. The highest BCUT2D eigenvalue weighted by Gasteiger charge is 2.09. The van der Waals surface area contributed by atoms with Crippen molar-refractivity contribution < 1.29 is 9.90 Å². The van der Waals surface area contributed by atoms with Crippen LogP contribution in [0.5, 0.6) is 0 Å². The first kappa shape index (κ1) is 14.6. The van der Waals surface area contributed by atoms with Crippen LogP contribution in [0.15, 0.2) is 42.5 Å². The van der Waals surface area contributed by atoms with Crippen LogP contribution in [-0.4, -0.2) is 11.1 Å². The van der Waals surface area contributed by atoms with E-state index in [1.54, 1.807) is 12.1 Å². The second-order valence-electron chi connectivity index (χ2n) is 5.30. The van der Waals surface area contributed by atoms with Gasteiger partial charge in [-0.05, 0) is 35.6 Å². The molecule has 1 N–H and O–H groups in total. The summed E-state index contributed by atoms with van der Waals surface area (Å²) in [5.74, 6) is -0.373. The summed E-state index contributed by atoms with van der Waals surface area (Å²) in [6.07, 6.45) is 1.01. The fourth-order valence-electron chi connectivity index (χ4n) is 2.22. The van der Waals surface area contributed by atoms with Gasteiger partial charge in [0.15, 0.2) is 0 Å². The molecular weight excluding hydrogens is 272 g/mol. The largest absolute Gasteiger partial charge is 0.478 e. The number of carboxylic acids is 1. The van der Waals surface area contributed by atoms with Gasteiger partial charge in [0, 0.05) is 10.6 Å². The molecule has 20 heavy (non-hydrogen) atoms. The van der Waals surface area contributed by atoms with Crippen LogP contribution in [-0.2, 0) is 6.42 Å². The van der Waals surface area contributed by atoms with Crippen molar-refractivity contribution in [2.24, 2.45) is 5.92 Å². The summed E-state index contributed by atoms with van der Waals surface area (Å²) in [6, 6.07) is 13.1. The average molecular weight is 289 g/mol. The van der Waals surface area contributed by atoms with Crippen LogP contribution in [0.25, 0.3) is 11.1 Å². The summed E-state index contributed by atoms with van der Waals surface area (Å²) < 4.78 is 0. The van der Waals surface area contributed by atoms with E-state index in [1.807, 2.05) is 12.1 Å². The standard InChI is InChI=1S/C17H17ClO2/c1-11(2)8-12-4-3-5-13(9-12)15-7-6-14(17(19)20)10-16(15)18/h3-7,9-11H,8H2,1-2H3,(H,19,20). The first-order chi connectivity index (χ1) is 9.47. The quantitative estimate of drug-likeness (QED) is 0.868. The van der Waals surface area contributed by atoms with Gasteiger partial charge in [-0.25, -0.2) is 4.79 Å². The average Bonchev–Trinajstić information content (AvgIpc) is 2.38. The van der Waals surface area contributed by atoms with Crippen molar-refractivity contribution in [1.29, 1.82) is 0 Å². The molecule has 0 bridgehead atoms. The molecule has 0 heterocycles. The van der Waals surface area contributed by atoms with E-state index in [-0.39, 0.29) is 5.56 Å². The summed E-state index contributed by atoms with van der Waals surface area (Å²) >= 11 is 6.20. The summed E-state index contributed by atoms with van der Waals surface area (Å²) in [6.45, 7) is 4.36. The monoisotopic (exact) mass is 288 g/mol. The fourth-order valence-corrected chi connectivity index (χ4v) is 2.51. The normalized spacial score (nSPS) is 10.8. The van der Waals surface area contributed by atoms with E-state index in [4.69, 9.17) is 16.7 Å². The van der Waals surface area contributed by atoms with Crippen molar-refractivity contribution in [2.75, 3.05) is 0 Å². The molecule has 0 fully saturated rings. The number of halogens is 1. The topological polar surface area (TPSA) is 37.3 Å². The van der Waals surface area contributed by atoms with Crippen molar-refractivity contribution in [2.45, 2.75) is 20.3 Å². The van der Waals surface area contributed by atoms with Gasteiger partial charge in [-0.15, -0.1) is 0 Å². The molecule has 2 aromatic carbocycles. The van der Waals surface area contributed by atoms with Crippen LogP contribution in [0.3, 0.4) is 0 Å². The zero-order chi connectivity index (χ0) is 14.7. The SMILES string of the molecule is CC(C)Cc1cccc(-c2ccc(C(=O)O)cc2Cl)c1. The molecule has 0 atom stereocenters. The number of benzene rings is 2. The van der Waals surface area contributed by atoms with Crippen LogP contribution in [0.1, 0.15) is 29.8 Å². The minimum absolute atomic E-state index is 0.206. The minimum Gasteiger partial charge on any atom is -0.478 e.